The second-order valence-electron chi connectivity index (χ2n) is 5.40. The number of nitrogens with zero attached hydrogens (tertiary/aromatic N) is 3. The number of hydrogen-bond acceptors (Lipinski definition) is 4. The van der Waals surface area contributed by atoms with Gasteiger partial charge in [-0.1, -0.05) is 41.4 Å². The first-order valence-electron chi connectivity index (χ1n) is 8.00. The van der Waals surface area contributed by atoms with Gasteiger partial charge in [0, 0.05) is 23.5 Å². The van der Waals surface area contributed by atoms with E-state index in [1.807, 2.05) is 42.2 Å². The molecule has 0 saturated carbocycles. The normalized spacial score (nSPS) is 10.4. The smallest absolute Gasteiger partial charge is 0.274 e. The number of rotatable bonds is 5. The van der Waals surface area contributed by atoms with E-state index in [1.54, 1.807) is 30.5 Å². The molecule has 0 spiro atoms. The Bertz CT molecular complexity index is 918. The molecular formula is C19H16Cl2N4O. The van der Waals surface area contributed by atoms with Crippen molar-refractivity contribution >= 4 is 46.4 Å². The lowest BCUT2D eigenvalue weighted by Gasteiger charge is -2.21. The molecule has 1 amide bonds. The van der Waals surface area contributed by atoms with Gasteiger partial charge in [-0.05, 0) is 43.3 Å². The minimum Gasteiger partial charge on any atom is -0.319 e. The molecule has 0 aliphatic heterocycles. The predicted molar refractivity (Wildman–Crippen MR) is 106 cm³/mol. The third-order valence-electron chi connectivity index (χ3n) is 3.68. The highest BCUT2D eigenvalue weighted by molar-refractivity contribution is 6.35. The second kappa shape index (κ2) is 8.17. The van der Waals surface area contributed by atoms with Crippen LogP contribution in [0.1, 0.15) is 17.4 Å². The van der Waals surface area contributed by atoms with E-state index in [0.717, 1.165) is 5.69 Å². The van der Waals surface area contributed by atoms with Gasteiger partial charge < -0.3 is 10.2 Å². The van der Waals surface area contributed by atoms with Gasteiger partial charge in [0.2, 0.25) is 5.95 Å². The van der Waals surface area contributed by atoms with E-state index in [4.69, 9.17) is 23.2 Å². The van der Waals surface area contributed by atoms with E-state index in [1.165, 1.54) is 0 Å². The first kappa shape index (κ1) is 18.2. The summed E-state index contributed by atoms with van der Waals surface area (Å²) in [6.45, 7) is 2.66. The van der Waals surface area contributed by atoms with Crippen LogP contribution in [0.4, 0.5) is 17.3 Å². The fourth-order valence-corrected chi connectivity index (χ4v) is 2.77. The van der Waals surface area contributed by atoms with E-state index in [2.05, 4.69) is 15.3 Å². The molecular weight excluding hydrogens is 371 g/mol. The van der Waals surface area contributed by atoms with Crippen molar-refractivity contribution in [2.45, 2.75) is 6.92 Å². The summed E-state index contributed by atoms with van der Waals surface area (Å²) in [6, 6.07) is 16.2. The van der Waals surface area contributed by atoms with Crippen molar-refractivity contribution in [2.75, 3.05) is 16.8 Å². The number of halogens is 2. The number of aromatic nitrogens is 2. The molecule has 0 unspecified atom stereocenters. The quantitative estimate of drug-likeness (QED) is 0.654. The molecule has 1 N–H and O–H groups in total. The molecule has 26 heavy (non-hydrogen) atoms. The lowest BCUT2D eigenvalue weighted by Crippen LogP contribution is -2.21. The Morgan fingerprint density at radius 3 is 2.62 bits per heavy atom. The second-order valence-corrected chi connectivity index (χ2v) is 6.24. The van der Waals surface area contributed by atoms with Gasteiger partial charge >= 0.3 is 0 Å². The minimum atomic E-state index is -0.387. The molecule has 0 aliphatic rings. The number of nitrogens with one attached hydrogen (secondary N) is 1. The summed E-state index contributed by atoms with van der Waals surface area (Å²) < 4.78 is 0. The molecule has 2 aromatic carbocycles. The van der Waals surface area contributed by atoms with Crippen LogP contribution in [0, 0.1) is 0 Å². The molecule has 1 aromatic heterocycles. The highest BCUT2D eigenvalue weighted by atomic mass is 35.5. The summed E-state index contributed by atoms with van der Waals surface area (Å²) in [4.78, 5) is 23.2. The standard InChI is InChI=1S/C19H16Cl2N4O/c1-2-25(14-6-4-3-5-7-14)19-22-11-10-16(24-19)18(26)23-17-12-13(20)8-9-15(17)21/h3-12H,2H2,1H3,(H,23,26). The highest BCUT2D eigenvalue weighted by Crippen LogP contribution is 2.26. The molecule has 0 fully saturated rings. The van der Waals surface area contributed by atoms with Gasteiger partial charge in [-0.25, -0.2) is 9.97 Å². The monoisotopic (exact) mass is 386 g/mol. The molecule has 7 heteroatoms. The average Bonchev–Trinajstić information content (AvgIpc) is 2.66. The summed E-state index contributed by atoms with van der Waals surface area (Å²) >= 11 is 12.1. The predicted octanol–water partition coefficient (Wildman–Crippen LogP) is 5.19. The third kappa shape index (κ3) is 4.12. The molecule has 0 bridgehead atoms. The fraction of sp³-hybridized carbons (Fsp3) is 0.105. The molecule has 0 radical (unpaired) electrons. The van der Waals surface area contributed by atoms with Gasteiger partial charge in [0.15, 0.2) is 0 Å². The molecule has 3 rings (SSSR count). The third-order valence-corrected chi connectivity index (χ3v) is 4.24. The van der Waals surface area contributed by atoms with E-state index in [9.17, 15) is 4.79 Å². The van der Waals surface area contributed by atoms with Gasteiger partial charge in [-0.15, -0.1) is 0 Å². The maximum absolute atomic E-state index is 12.6. The Balaban J connectivity index is 1.86. The lowest BCUT2D eigenvalue weighted by atomic mass is 10.3. The van der Waals surface area contributed by atoms with Crippen molar-refractivity contribution < 1.29 is 4.79 Å². The fourth-order valence-electron chi connectivity index (χ4n) is 2.43. The van der Waals surface area contributed by atoms with Crippen molar-refractivity contribution in [1.29, 1.82) is 0 Å². The summed E-state index contributed by atoms with van der Waals surface area (Å²) in [5.41, 5.74) is 1.62. The van der Waals surface area contributed by atoms with Crippen LogP contribution in [0.15, 0.2) is 60.8 Å². The van der Waals surface area contributed by atoms with Crippen molar-refractivity contribution in [3.8, 4) is 0 Å². The number of hydrogen-bond donors (Lipinski definition) is 1. The van der Waals surface area contributed by atoms with Crippen LogP contribution in [-0.4, -0.2) is 22.4 Å². The van der Waals surface area contributed by atoms with Gasteiger partial charge in [0.25, 0.3) is 5.91 Å². The van der Waals surface area contributed by atoms with E-state index < -0.39 is 0 Å². The summed E-state index contributed by atoms with van der Waals surface area (Å²) in [6.07, 6.45) is 1.56. The van der Waals surface area contributed by atoms with Crippen LogP contribution in [0.2, 0.25) is 10.0 Å². The molecule has 3 aromatic rings. The lowest BCUT2D eigenvalue weighted by molar-refractivity contribution is 0.102. The zero-order chi connectivity index (χ0) is 18.5. The topological polar surface area (TPSA) is 58.1 Å². The minimum absolute atomic E-state index is 0.237. The van der Waals surface area contributed by atoms with Crippen LogP contribution in [0.25, 0.3) is 0 Å². The Morgan fingerprint density at radius 1 is 1.12 bits per heavy atom. The number of para-hydroxylation sites is 1. The SMILES string of the molecule is CCN(c1ccccc1)c1nccc(C(=O)Nc2cc(Cl)ccc2Cl)n1. The van der Waals surface area contributed by atoms with Gasteiger partial charge in [0.1, 0.15) is 5.69 Å². The molecule has 132 valence electrons. The van der Waals surface area contributed by atoms with Crippen molar-refractivity contribution in [3.63, 3.8) is 0 Å². The van der Waals surface area contributed by atoms with Crippen LogP contribution >= 0.6 is 23.2 Å². The number of carbonyl (C=O) groups is 1. The zero-order valence-electron chi connectivity index (χ0n) is 14.0. The van der Waals surface area contributed by atoms with E-state index in [-0.39, 0.29) is 11.6 Å². The van der Waals surface area contributed by atoms with E-state index in [0.29, 0.717) is 28.2 Å². The van der Waals surface area contributed by atoms with Crippen LogP contribution in [0.3, 0.4) is 0 Å². The number of anilines is 3. The Morgan fingerprint density at radius 2 is 1.88 bits per heavy atom. The van der Waals surface area contributed by atoms with Gasteiger partial charge in [-0.2, -0.15) is 0 Å². The summed E-state index contributed by atoms with van der Waals surface area (Å²) in [5.74, 6) is 0.0606. The molecule has 1 heterocycles. The first-order chi connectivity index (χ1) is 12.6. The molecule has 0 atom stereocenters. The number of amides is 1. The molecule has 0 saturated heterocycles. The Labute approximate surface area is 161 Å². The highest BCUT2D eigenvalue weighted by Gasteiger charge is 2.15. The Kier molecular flexibility index (Phi) is 5.71. The summed E-state index contributed by atoms with van der Waals surface area (Å²) in [5, 5.41) is 3.61. The van der Waals surface area contributed by atoms with Crippen LogP contribution in [0.5, 0.6) is 0 Å². The largest absolute Gasteiger partial charge is 0.319 e. The van der Waals surface area contributed by atoms with Crippen LogP contribution < -0.4 is 10.2 Å². The summed E-state index contributed by atoms with van der Waals surface area (Å²) in [7, 11) is 0. The Hall–Kier alpha value is -2.63. The molecule has 0 aliphatic carbocycles. The maximum atomic E-state index is 12.6. The first-order valence-corrected chi connectivity index (χ1v) is 8.76. The number of benzene rings is 2. The average molecular weight is 387 g/mol. The number of carbonyl (C=O) groups excluding carboxylic acids is 1. The van der Waals surface area contributed by atoms with Crippen LogP contribution in [-0.2, 0) is 0 Å². The molecule has 5 nitrogen and oxygen atoms in total. The van der Waals surface area contributed by atoms with Crippen molar-refractivity contribution in [1.82, 2.24) is 9.97 Å². The van der Waals surface area contributed by atoms with Crippen molar-refractivity contribution in [3.05, 3.63) is 76.5 Å². The maximum Gasteiger partial charge on any atom is 0.274 e. The zero-order valence-corrected chi connectivity index (χ0v) is 15.5. The van der Waals surface area contributed by atoms with Gasteiger partial charge in [-0.3, -0.25) is 4.79 Å². The van der Waals surface area contributed by atoms with Crippen molar-refractivity contribution in [2.24, 2.45) is 0 Å². The van der Waals surface area contributed by atoms with Gasteiger partial charge in [0.05, 0.1) is 10.7 Å². The van der Waals surface area contributed by atoms with E-state index >= 15 is 0 Å².